The van der Waals surface area contributed by atoms with Crippen molar-refractivity contribution in [2.75, 3.05) is 27.1 Å². The van der Waals surface area contributed by atoms with Crippen LogP contribution < -0.4 is 9.47 Å². The number of ether oxygens (including phenoxy) is 2. The number of aromatic amines is 2. The molecule has 1 atom stereocenters. The van der Waals surface area contributed by atoms with Crippen LogP contribution in [0.3, 0.4) is 0 Å². The molecule has 45 heavy (non-hydrogen) atoms. The van der Waals surface area contributed by atoms with Gasteiger partial charge in [-0.15, -0.1) is 11.8 Å². The Morgan fingerprint density at radius 3 is 2.51 bits per heavy atom. The maximum Gasteiger partial charge on any atom is 0.182 e. The largest absolute Gasteiger partial charge is 0.497 e. The molecule has 2 aromatic heterocycles. The van der Waals surface area contributed by atoms with Gasteiger partial charge in [0, 0.05) is 52.4 Å². The smallest absolute Gasteiger partial charge is 0.182 e. The van der Waals surface area contributed by atoms with E-state index in [-0.39, 0.29) is 16.7 Å². The summed E-state index contributed by atoms with van der Waals surface area (Å²) in [5.74, 6) is 0.486. The zero-order chi connectivity index (χ0) is 32.6. The van der Waals surface area contributed by atoms with Crippen LogP contribution in [-0.2, 0) is 10.2 Å². The summed E-state index contributed by atoms with van der Waals surface area (Å²) in [5.41, 5.74) is 2.44. The lowest BCUT2D eigenvalue weighted by molar-refractivity contribution is -0.108. The molecule has 0 bridgehead atoms. The molecular weight excluding hydrogens is 603 g/mol. The van der Waals surface area contributed by atoms with E-state index in [1.807, 2.05) is 24.5 Å². The molecule has 1 aliphatic heterocycles. The molecule has 0 saturated heterocycles. The summed E-state index contributed by atoms with van der Waals surface area (Å²) in [6.07, 6.45) is 9.36. The van der Waals surface area contributed by atoms with Crippen LogP contribution in [0.25, 0.3) is 22.3 Å². The number of nitrogens with one attached hydrogen (secondary N) is 2. The first kappa shape index (κ1) is 33.7. The van der Waals surface area contributed by atoms with Crippen LogP contribution in [0, 0.1) is 23.4 Å². The fraction of sp³-hybridized carbons (Fsp3) is 0.294. The number of para-hydroxylation sites is 1. The third kappa shape index (κ3) is 7.54. The van der Waals surface area contributed by atoms with E-state index in [2.05, 4.69) is 27.9 Å². The van der Waals surface area contributed by atoms with Crippen molar-refractivity contribution in [1.82, 2.24) is 15.0 Å². The van der Waals surface area contributed by atoms with Crippen molar-refractivity contribution in [2.45, 2.75) is 36.5 Å². The molecule has 2 aliphatic rings. The van der Waals surface area contributed by atoms with Crippen LogP contribution in [0.2, 0.25) is 0 Å². The summed E-state index contributed by atoms with van der Waals surface area (Å²) in [6, 6.07) is 15.6. The Morgan fingerprint density at radius 1 is 1.09 bits per heavy atom. The molecule has 1 aliphatic carbocycles. The second-order valence-electron chi connectivity index (χ2n) is 10.5. The van der Waals surface area contributed by atoms with E-state index >= 15 is 0 Å². The number of aliphatic hydroxyl groups excluding tert-OH is 1. The Balaban J connectivity index is 0.000000191. The van der Waals surface area contributed by atoms with Crippen molar-refractivity contribution in [1.29, 1.82) is 0 Å². The van der Waals surface area contributed by atoms with Crippen molar-refractivity contribution < 1.29 is 32.5 Å². The molecule has 0 amide bonds. The second kappa shape index (κ2) is 15.2. The van der Waals surface area contributed by atoms with Gasteiger partial charge in [0.05, 0.1) is 24.8 Å². The predicted molar refractivity (Wildman–Crippen MR) is 170 cm³/mol. The van der Waals surface area contributed by atoms with Gasteiger partial charge in [0.25, 0.3) is 0 Å². The number of H-pyrrole nitrogens is 2. The third-order valence-electron chi connectivity index (χ3n) is 7.67. The number of hydrogen-bond donors (Lipinski definition) is 3. The number of halogens is 3. The van der Waals surface area contributed by atoms with Gasteiger partial charge < -0.3 is 29.3 Å². The topological polar surface area (TPSA) is 100 Å². The quantitative estimate of drug-likeness (QED) is 0.135. The van der Waals surface area contributed by atoms with E-state index in [9.17, 15) is 18.0 Å². The summed E-state index contributed by atoms with van der Waals surface area (Å²) in [5, 5.41) is 7.73. The molecule has 0 unspecified atom stereocenters. The van der Waals surface area contributed by atoms with Crippen LogP contribution in [0.15, 0.2) is 71.9 Å². The van der Waals surface area contributed by atoms with Crippen LogP contribution >= 0.6 is 11.8 Å². The average Bonchev–Trinajstić information content (AvgIpc) is 3.55. The zero-order valence-corrected chi connectivity index (χ0v) is 26.3. The highest BCUT2D eigenvalue weighted by atomic mass is 32.2. The van der Waals surface area contributed by atoms with Gasteiger partial charge in [0.15, 0.2) is 11.6 Å². The van der Waals surface area contributed by atoms with Crippen molar-refractivity contribution in [3.05, 3.63) is 95.7 Å². The van der Waals surface area contributed by atoms with Gasteiger partial charge in [-0.25, -0.2) is 18.2 Å². The first-order valence-electron chi connectivity index (χ1n) is 14.3. The third-order valence-corrected chi connectivity index (χ3v) is 8.45. The number of fused-ring (bicyclic) bond motifs is 2. The van der Waals surface area contributed by atoms with Gasteiger partial charge in [0.1, 0.15) is 29.4 Å². The van der Waals surface area contributed by atoms with E-state index in [4.69, 9.17) is 14.6 Å². The van der Waals surface area contributed by atoms with E-state index < -0.39 is 11.6 Å². The lowest BCUT2D eigenvalue weighted by Gasteiger charge is -2.34. The average molecular weight is 640 g/mol. The van der Waals surface area contributed by atoms with Gasteiger partial charge in [-0.05, 0) is 68.8 Å². The maximum absolute atomic E-state index is 14.2. The number of methoxy groups -OCH3 is 1. The summed E-state index contributed by atoms with van der Waals surface area (Å²) in [4.78, 5) is 20.7. The van der Waals surface area contributed by atoms with E-state index in [1.165, 1.54) is 23.9 Å². The Labute approximate surface area is 264 Å². The number of nitrogens with zero attached hydrogens (tertiary/aromatic N) is 1. The number of aromatic nitrogens is 3. The minimum atomic E-state index is -0.808. The summed E-state index contributed by atoms with van der Waals surface area (Å²) in [6.45, 7) is 2.79. The molecule has 1 fully saturated rings. The first-order chi connectivity index (χ1) is 21.8. The minimum absolute atomic E-state index is 0.240. The van der Waals surface area contributed by atoms with Crippen LogP contribution in [-0.4, -0.2) is 53.4 Å². The first-order valence-corrected chi connectivity index (χ1v) is 15.5. The van der Waals surface area contributed by atoms with Crippen LogP contribution in [0.1, 0.15) is 37.4 Å². The Kier molecular flexibility index (Phi) is 11.4. The van der Waals surface area contributed by atoms with E-state index in [0.29, 0.717) is 29.7 Å². The zero-order valence-electron chi connectivity index (χ0n) is 25.5. The number of aliphatic hydroxyl groups is 1. The monoisotopic (exact) mass is 639 g/mol. The molecule has 3 heterocycles. The van der Waals surface area contributed by atoms with Gasteiger partial charge in [0.2, 0.25) is 0 Å². The normalized spacial score (nSPS) is 16.4. The molecule has 7 nitrogen and oxygen atoms in total. The molecule has 3 aromatic carbocycles. The van der Waals surface area contributed by atoms with Crippen molar-refractivity contribution in [2.24, 2.45) is 5.92 Å². The van der Waals surface area contributed by atoms with E-state index in [0.717, 1.165) is 59.9 Å². The molecule has 1 saturated carbocycles. The number of aldehydes is 1. The van der Waals surface area contributed by atoms with Gasteiger partial charge in [-0.3, -0.25) is 0 Å². The van der Waals surface area contributed by atoms with Crippen LogP contribution in [0.4, 0.5) is 13.2 Å². The summed E-state index contributed by atoms with van der Waals surface area (Å²) in [7, 11) is 2.56. The van der Waals surface area contributed by atoms with Crippen molar-refractivity contribution in [3.63, 3.8) is 0 Å². The number of benzene rings is 3. The van der Waals surface area contributed by atoms with Gasteiger partial charge in [-0.2, -0.15) is 0 Å². The number of rotatable bonds is 5. The van der Waals surface area contributed by atoms with Gasteiger partial charge >= 0.3 is 0 Å². The lowest BCUT2D eigenvalue weighted by atomic mass is 9.75. The minimum Gasteiger partial charge on any atom is -0.497 e. The molecule has 0 radical (unpaired) electrons. The molecule has 7 rings (SSSR count). The van der Waals surface area contributed by atoms with Gasteiger partial charge in [-0.1, -0.05) is 18.2 Å². The standard InChI is InChI=1S/C20H19FN2O2.C9H7F2NS.C4H6O.CH4O/c1-20(9-10-25-17-6-4-3-5-15(17)20)18-12-22-19(23-18)14-11-13(24-2)7-8-16(14)21;1-13-7-4-6(10)8(11)9-5(7)2-3-12-9;5-3-4-1-2-4;1-2/h3-8,11-12H,9-10H2,1-2H3,(H,22,23);2-4,12H,1H3;3-4H,1-2H2;2H,1H3/t20-;;;/m0.../s1. The molecule has 3 N–H and O–H groups in total. The Hall–Kier alpha value is -4.22. The number of thioether (sulfide) groups is 1. The lowest BCUT2D eigenvalue weighted by Crippen LogP contribution is -2.31. The van der Waals surface area contributed by atoms with Crippen molar-refractivity contribution in [3.8, 4) is 22.9 Å². The maximum atomic E-state index is 14.2. The number of hydrogen-bond acceptors (Lipinski definition) is 6. The summed E-state index contributed by atoms with van der Waals surface area (Å²) < 4.78 is 51.3. The summed E-state index contributed by atoms with van der Waals surface area (Å²) >= 11 is 1.40. The predicted octanol–water partition coefficient (Wildman–Crippen LogP) is 7.68. The van der Waals surface area contributed by atoms with E-state index in [1.54, 1.807) is 37.7 Å². The highest BCUT2D eigenvalue weighted by Crippen LogP contribution is 2.43. The second-order valence-corrected chi connectivity index (χ2v) is 11.4. The molecule has 238 valence electrons. The Bertz CT molecular complexity index is 1740. The SMILES string of the molecule is CO.COc1ccc(F)c(-c2ncc([C@@]3(C)CCOc4ccccc43)[nH]2)c1.CSc1cc(F)c(F)c2[nH]ccc12.O=CC1CC1. The number of imidazole rings is 1. The highest BCUT2D eigenvalue weighted by Gasteiger charge is 2.36. The molecule has 5 aromatic rings. The molecular formula is C34H36F3N3O4S. The van der Waals surface area contributed by atoms with Crippen molar-refractivity contribution >= 4 is 29.0 Å². The Morgan fingerprint density at radius 2 is 1.84 bits per heavy atom. The highest BCUT2D eigenvalue weighted by molar-refractivity contribution is 7.98. The fourth-order valence-electron chi connectivity index (χ4n) is 4.91. The fourth-order valence-corrected chi connectivity index (χ4v) is 5.52. The van der Waals surface area contributed by atoms with Crippen LogP contribution in [0.5, 0.6) is 11.5 Å². The molecule has 11 heteroatoms. The number of carbonyl (C=O) groups is 1. The molecule has 0 spiro atoms. The number of carbonyl (C=O) groups excluding carboxylic acids is 1.